The first-order valence-corrected chi connectivity index (χ1v) is 9.95. The number of amides is 2. The van der Waals surface area contributed by atoms with Gasteiger partial charge in [0.2, 0.25) is 10.0 Å². The maximum atomic E-state index is 12.1. The summed E-state index contributed by atoms with van der Waals surface area (Å²) in [5.41, 5.74) is 0. The minimum absolute atomic E-state index is 0.0148. The number of urea groups is 1. The first-order valence-electron chi connectivity index (χ1n) is 7.28. The van der Waals surface area contributed by atoms with Crippen LogP contribution < -0.4 is 5.32 Å². The van der Waals surface area contributed by atoms with Crippen LogP contribution in [0.1, 0.15) is 22.6 Å². The summed E-state index contributed by atoms with van der Waals surface area (Å²) in [7, 11) is -1.56. The van der Waals surface area contributed by atoms with Crippen molar-refractivity contribution in [1.82, 2.24) is 14.5 Å². The van der Waals surface area contributed by atoms with Gasteiger partial charge in [0.15, 0.2) is 0 Å². The van der Waals surface area contributed by atoms with E-state index in [1.165, 1.54) is 15.4 Å². The van der Waals surface area contributed by atoms with Crippen LogP contribution in [0.4, 0.5) is 4.79 Å². The van der Waals surface area contributed by atoms with E-state index in [4.69, 9.17) is 0 Å². The van der Waals surface area contributed by atoms with Gasteiger partial charge < -0.3 is 10.2 Å². The fourth-order valence-electron chi connectivity index (χ4n) is 2.56. The molecule has 0 unspecified atom stereocenters. The van der Waals surface area contributed by atoms with Crippen molar-refractivity contribution in [2.75, 3.05) is 26.4 Å². The van der Waals surface area contributed by atoms with E-state index >= 15 is 0 Å². The van der Waals surface area contributed by atoms with E-state index in [1.54, 1.807) is 23.3 Å². The van der Waals surface area contributed by atoms with Crippen molar-refractivity contribution >= 4 is 27.4 Å². The second-order valence-electron chi connectivity index (χ2n) is 5.67. The van der Waals surface area contributed by atoms with Crippen molar-refractivity contribution in [2.45, 2.75) is 32.4 Å². The molecule has 0 radical (unpaired) electrons. The van der Waals surface area contributed by atoms with Gasteiger partial charge in [-0.2, -0.15) is 0 Å². The molecule has 0 spiro atoms. The number of thiophene rings is 1. The van der Waals surface area contributed by atoms with Crippen LogP contribution in [0.2, 0.25) is 0 Å². The monoisotopic (exact) mass is 345 g/mol. The highest BCUT2D eigenvalue weighted by atomic mass is 32.2. The number of sulfonamides is 1. The molecule has 1 aromatic heterocycles. The van der Waals surface area contributed by atoms with Gasteiger partial charge >= 0.3 is 6.03 Å². The van der Waals surface area contributed by atoms with Crippen LogP contribution in [0.3, 0.4) is 0 Å². The van der Waals surface area contributed by atoms with Gasteiger partial charge in [-0.3, -0.25) is 0 Å². The number of hydrogen-bond donors (Lipinski definition) is 1. The highest BCUT2D eigenvalue weighted by Gasteiger charge is 2.28. The third-order valence-electron chi connectivity index (χ3n) is 4.00. The van der Waals surface area contributed by atoms with Crippen LogP contribution >= 0.6 is 11.3 Å². The average molecular weight is 345 g/mol. The lowest BCUT2D eigenvalue weighted by Gasteiger charge is -2.35. The molecule has 124 valence electrons. The predicted octanol–water partition coefficient (Wildman–Crippen LogP) is 1.62. The quantitative estimate of drug-likeness (QED) is 0.901. The molecule has 6 nitrogen and oxygen atoms in total. The van der Waals surface area contributed by atoms with Gasteiger partial charge in [-0.05, 0) is 31.9 Å². The number of nitrogens with zero attached hydrogens (tertiary/aromatic N) is 2. The van der Waals surface area contributed by atoms with Crippen LogP contribution in [0.25, 0.3) is 0 Å². The van der Waals surface area contributed by atoms with Gasteiger partial charge in [0.25, 0.3) is 0 Å². The maximum absolute atomic E-state index is 12.1. The molecule has 0 aliphatic carbocycles. The van der Waals surface area contributed by atoms with E-state index in [1.807, 2.05) is 19.1 Å². The summed E-state index contributed by atoms with van der Waals surface area (Å²) in [6, 6.07) is 3.97. The minimum Gasteiger partial charge on any atom is -0.333 e. The van der Waals surface area contributed by atoms with Crippen LogP contribution in [0.15, 0.2) is 12.1 Å². The zero-order chi connectivity index (χ0) is 16.3. The smallest absolute Gasteiger partial charge is 0.317 e. The Morgan fingerprint density at radius 3 is 2.55 bits per heavy atom. The van der Waals surface area contributed by atoms with Gasteiger partial charge in [-0.15, -0.1) is 11.3 Å². The predicted molar refractivity (Wildman–Crippen MR) is 88.5 cm³/mol. The summed E-state index contributed by atoms with van der Waals surface area (Å²) in [4.78, 5) is 16.3. The molecule has 8 heteroatoms. The molecule has 1 saturated heterocycles. The molecule has 1 N–H and O–H groups in total. The lowest BCUT2D eigenvalue weighted by molar-refractivity contribution is 0.164. The molecule has 2 heterocycles. The lowest BCUT2D eigenvalue weighted by Crippen LogP contribution is -2.49. The van der Waals surface area contributed by atoms with Crippen molar-refractivity contribution < 1.29 is 13.2 Å². The number of hydrogen-bond acceptors (Lipinski definition) is 4. The summed E-state index contributed by atoms with van der Waals surface area (Å²) >= 11 is 1.68. The molecule has 0 atom stereocenters. The van der Waals surface area contributed by atoms with Crippen molar-refractivity contribution in [1.29, 1.82) is 0 Å². The molecule has 1 aliphatic rings. The zero-order valence-electron chi connectivity index (χ0n) is 13.2. The van der Waals surface area contributed by atoms with Crippen molar-refractivity contribution in [2.24, 2.45) is 0 Å². The molecule has 2 rings (SSSR count). The molecule has 1 fully saturated rings. The molecular formula is C14H23N3O3S2. The highest BCUT2D eigenvalue weighted by molar-refractivity contribution is 7.88. The van der Waals surface area contributed by atoms with E-state index < -0.39 is 10.0 Å². The number of carbonyl (C=O) groups is 1. The number of rotatable bonds is 4. The molecule has 1 aliphatic heterocycles. The largest absolute Gasteiger partial charge is 0.333 e. The summed E-state index contributed by atoms with van der Waals surface area (Å²) in [5.74, 6) is 0. The Labute approximate surface area is 136 Å². The first-order chi connectivity index (χ1) is 10.3. The number of piperidine rings is 1. The van der Waals surface area contributed by atoms with E-state index in [2.05, 4.69) is 5.32 Å². The Hall–Kier alpha value is -1.12. The van der Waals surface area contributed by atoms with Gasteiger partial charge in [0.05, 0.1) is 12.8 Å². The fourth-order valence-corrected chi connectivity index (χ4v) is 4.14. The Morgan fingerprint density at radius 2 is 2.05 bits per heavy atom. The maximum Gasteiger partial charge on any atom is 0.317 e. The van der Waals surface area contributed by atoms with Gasteiger partial charge in [0, 0.05) is 35.9 Å². The van der Waals surface area contributed by atoms with Crippen molar-refractivity contribution in [3.8, 4) is 0 Å². The Bertz CT molecular complexity index is 619. The van der Waals surface area contributed by atoms with E-state index in [9.17, 15) is 13.2 Å². The Morgan fingerprint density at radius 1 is 1.41 bits per heavy atom. The van der Waals surface area contributed by atoms with Crippen LogP contribution in [-0.2, 0) is 16.6 Å². The second kappa shape index (κ2) is 6.97. The Balaban J connectivity index is 1.80. The standard InChI is InChI=1S/C14H23N3O3S2/c1-11-4-5-13(21-11)10-15-14(18)17-8-6-12(7-9-17)16(2)22(3,19)20/h4-5,12H,6-10H2,1-3H3,(H,15,18). The number of nitrogens with one attached hydrogen (secondary N) is 1. The number of aryl methyl sites for hydroxylation is 1. The van der Waals surface area contributed by atoms with Crippen LogP contribution in [-0.4, -0.2) is 56.1 Å². The summed E-state index contributed by atoms with van der Waals surface area (Å²) in [6.45, 7) is 3.75. The fraction of sp³-hybridized carbons (Fsp3) is 0.643. The van der Waals surface area contributed by atoms with Gasteiger partial charge in [0.1, 0.15) is 0 Å². The summed E-state index contributed by atoms with van der Waals surface area (Å²) in [6.07, 6.45) is 2.57. The minimum atomic E-state index is -3.17. The van der Waals surface area contributed by atoms with Gasteiger partial charge in [-0.25, -0.2) is 17.5 Å². The normalized spacial score (nSPS) is 17.0. The molecule has 0 bridgehead atoms. The zero-order valence-corrected chi connectivity index (χ0v) is 14.8. The SMILES string of the molecule is Cc1ccc(CNC(=O)N2CCC(N(C)S(C)(=O)=O)CC2)s1. The second-order valence-corrected chi connectivity index (χ2v) is 9.08. The molecule has 22 heavy (non-hydrogen) atoms. The molecule has 1 aromatic rings. The molecule has 0 aromatic carbocycles. The molecular weight excluding hydrogens is 322 g/mol. The van der Waals surface area contributed by atoms with E-state index in [0.717, 1.165) is 4.88 Å². The molecule has 0 saturated carbocycles. The third-order valence-corrected chi connectivity index (χ3v) is 6.34. The summed E-state index contributed by atoms with van der Waals surface area (Å²) < 4.78 is 24.5. The molecule has 2 amide bonds. The van der Waals surface area contributed by atoms with Crippen LogP contribution in [0.5, 0.6) is 0 Å². The number of likely N-dealkylation sites (tertiary alicyclic amines) is 1. The number of carbonyl (C=O) groups excluding carboxylic acids is 1. The Kier molecular flexibility index (Phi) is 5.46. The van der Waals surface area contributed by atoms with Gasteiger partial charge in [-0.1, -0.05) is 0 Å². The third kappa shape index (κ3) is 4.44. The highest BCUT2D eigenvalue weighted by Crippen LogP contribution is 2.18. The summed E-state index contributed by atoms with van der Waals surface area (Å²) in [5, 5.41) is 2.92. The topological polar surface area (TPSA) is 69.7 Å². The van der Waals surface area contributed by atoms with E-state index in [0.29, 0.717) is 32.5 Å². The average Bonchev–Trinajstić information content (AvgIpc) is 2.89. The van der Waals surface area contributed by atoms with Crippen molar-refractivity contribution in [3.63, 3.8) is 0 Å². The van der Waals surface area contributed by atoms with Crippen LogP contribution in [0, 0.1) is 6.92 Å². The lowest BCUT2D eigenvalue weighted by atomic mass is 10.1. The van der Waals surface area contributed by atoms with Crippen molar-refractivity contribution in [3.05, 3.63) is 21.9 Å². The first kappa shape index (κ1) is 17.2. The van der Waals surface area contributed by atoms with E-state index in [-0.39, 0.29) is 12.1 Å².